The first-order chi connectivity index (χ1) is 9.36. The molecule has 1 nitrogen and oxygen atoms in total. The number of alkyl halides is 3. The van der Waals surface area contributed by atoms with E-state index in [-0.39, 0.29) is 5.75 Å². The lowest BCUT2D eigenvalue weighted by molar-refractivity contribution is -0.137. The van der Waals surface area contributed by atoms with Gasteiger partial charge < -0.3 is 5.11 Å². The predicted octanol–water partition coefficient (Wildman–Crippen LogP) is 5.34. The molecule has 0 atom stereocenters. The topological polar surface area (TPSA) is 20.2 Å². The third-order valence-electron chi connectivity index (χ3n) is 2.65. The van der Waals surface area contributed by atoms with E-state index in [4.69, 9.17) is 0 Å². The zero-order valence-corrected chi connectivity index (χ0v) is 11.7. The number of rotatable bonds is 2. The molecule has 0 aliphatic carbocycles. The minimum Gasteiger partial charge on any atom is -0.507 e. The second-order valence-corrected chi connectivity index (χ2v) is 5.02. The van der Waals surface area contributed by atoms with Crippen molar-refractivity contribution in [2.75, 3.05) is 0 Å². The van der Waals surface area contributed by atoms with Crippen LogP contribution in [-0.4, -0.2) is 5.11 Å². The lowest BCUT2D eigenvalue weighted by Gasteiger charge is -2.06. The standard InChI is InChI=1S/C15H10BrF3O/c16-13-9-11(6-7-14(13)20)5-4-10-2-1-3-12(8-10)15(17,18)19/h1-9,20H. The Morgan fingerprint density at radius 3 is 2.20 bits per heavy atom. The molecule has 5 heteroatoms. The minimum atomic E-state index is -4.34. The van der Waals surface area contributed by atoms with Gasteiger partial charge in [-0.05, 0) is 51.3 Å². The van der Waals surface area contributed by atoms with Gasteiger partial charge in [0.1, 0.15) is 5.75 Å². The molecule has 2 aromatic rings. The highest BCUT2D eigenvalue weighted by atomic mass is 79.9. The zero-order chi connectivity index (χ0) is 14.8. The molecular weight excluding hydrogens is 333 g/mol. The van der Waals surface area contributed by atoms with Crippen molar-refractivity contribution in [2.45, 2.75) is 6.18 Å². The van der Waals surface area contributed by atoms with Crippen molar-refractivity contribution in [2.24, 2.45) is 0 Å². The molecule has 0 saturated heterocycles. The van der Waals surface area contributed by atoms with Crippen LogP contribution in [0.2, 0.25) is 0 Å². The average Bonchev–Trinajstić information content (AvgIpc) is 2.39. The highest BCUT2D eigenvalue weighted by Crippen LogP contribution is 2.30. The van der Waals surface area contributed by atoms with Crippen molar-refractivity contribution in [1.82, 2.24) is 0 Å². The maximum Gasteiger partial charge on any atom is 0.416 e. The maximum absolute atomic E-state index is 12.6. The smallest absolute Gasteiger partial charge is 0.416 e. The van der Waals surface area contributed by atoms with E-state index >= 15 is 0 Å². The Hall–Kier alpha value is -1.75. The third kappa shape index (κ3) is 3.63. The summed E-state index contributed by atoms with van der Waals surface area (Å²) in [5, 5.41) is 9.36. The van der Waals surface area contributed by atoms with Gasteiger partial charge >= 0.3 is 6.18 Å². The molecule has 0 amide bonds. The molecule has 0 spiro atoms. The highest BCUT2D eigenvalue weighted by Gasteiger charge is 2.30. The summed E-state index contributed by atoms with van der Waals surface area (Å²) in [4.78, 5) is 0. The molecule has 0 saturated carbocycles. The van der Waals surface area contributed by atoms with Crippen LogP contribution < -0.4 is 0 Å². The summed E-state index contributed by atoms with van der Waals surface area (Å²) >= 11 is 3.18. The van der Waals surface area contributed by atoms with E-state index in [0.717, 1.165) is 17.7 Å². The van der Waals surface area contributed by atoms with E-state index in [1.165, 1.54) is 12.1 Å². The van der Waals surface area contributed by atoms with Gasteiger partial charge in [-0.15, -0.1) is 0 Å². The average molecular weight is 343 g/mol. The second-order valence-electron chi connectivity index (χ2n) is 4.17. The van der Waals surface area contributed by atoms with Gasteiger partial charge in [0.2, 0.25) is 0 Å². The monoisotopic (exact) mass is 342 g/mol. The number of benzene rings is 2. The maximum atomic E-state index is 12.6. The number of aromatic hydroxyl groups is 1. The largest absolute Gasteiger partial charge is 0.507 e. The van der Waals surface area contributed by atoms with Crippen LogP contribution in [0.4, 0.5) is 13.2 Å². The fourth-order valence-corrected chi connectivity index (χ4v) is 2.03. The Balaban J connectivity index is 2.25. The van der Waals surface area contributed by atoms with E-state index in [0.29, 0.717) is 10.0 Å². The molecule has 1 N–H and O–H groups in total. The molecule has 0 unspecified atom stereocenters. The van der Waals surface area contributed by atoms with Crippen LogP contribution in [0.15, 0.2) is 46.9 Å². The Morgan fingerprint density at radius 1 is 0.950 bits per heavy atom. The molecule has 2 rings (SSSR count). The summed E-state index contributed by atoms with van der Waals surface area (Å²) in [7, 11) is 0. The van der Waals surface area contributed by atoms with Gasteiger partial charge in [0.05, 0.1) is 10.0 Å². The predicted molar refractivity (Wildman–Crippen MR) is 76.2 cm³/mol. The molecule has 0 radical (unpaired) electrons. The summed E-state index contributed by atoms with van der Waals surface area (Å²) in [6.45, 7) is 0. The zero-order valence-electron chi connectivity index (χ0n) is 10.2. The first-order valence-electron chi connectivity index (χ1n) is 5.70. The van der Waals surface area contributed by atoms with Crippen LogP contribution >= 0.6 is 15.9 Å². The van der Waals surface area contributed by atoms with Gasteiger partial charge in [-0.1, -0.05) is 30.4 Å². The van der Waals surface area contributed by atoms with Crippen LogP contribution in [-0.2, 0) is 6.18 Å². The minimum absolute atomic E-state index is 0.112. The molecule has 0 aromatic heterocycles. The molecule has 104 valence electrons. The fourth-order valence-electron chi connectivity index (χ4n) is 1.64. The van der Waals surface area contributed by atoms with E-state index in [1.54, 1.807) is 30.4 Å². The third-order valence-corrected chi connectivity index (χ3v) is 3.29. The summed E-state index contributed by atoms with van der Waals surface area (Å²) in [5.74, 6) is 0.112. The lowest BCUT2D eigenvalue weighted by atomic mass is 10.1. The van der Waals surface area contributed by atoms with Gasteiger partial charge in [-0.2, -0.15) is 13.2 Å². The lowest BCUT2D eigenvalue weighted by Crippen LogP contribution is -2.04. The molecule has 0 aliphatic rings. The van der Waals surface area contributed by atoms with Crippen molar-refractivity contribution >= 4 is 28.1 Å². The van der Waals surface area contributed by atoms with E-state index < -0.39 is 11.7 Å². The van der Waals surface area contributed by atoms with Gasteiger partial charge in [0, 0.05) is 0 Å². The van der Waals surface area contributed by atoms with E-state index in [2.05, 4.69) is 15.9 Å². The number of halogens is 4. The first-order valence-corrected chi connectivity index (χ1v) is 6.49. The summed E-state index contributed by atoms with van der Waals surface area (Å²) in [6, 6.07) is 9.95. The Bertz CT molecular complexity index is 648. The van der Waals surface area contributed by atoms with Crippen LogP contribution in [0.25, 0.3) is 12.2 Å². The van der Waals surface area contributed by atoms with Crippen LogP contribution in [0.3, 0.4) is 0 Å². The molecule has 20 heavy (non-hydrogen) atoms. The molecule has 2 aromatic carbocycles. The fraction of sp³-hybridized carbons (Fsp3) is 0.0667. The van der Waals surface area contributed by atoms with Crippen molar-refractivity contribution in [3.8, 4) is 5.75 Å². The van der Waals surface area contributed by atoms with E-state index in [1.807, 2.05) is 0 Å². The summed E-state index contributed by atoms with van der Waals surface area (Å²) < 4.78 is 38.2. The van der Waals surface area contributed by atoms with Gasteiger partial charge in [-0.3, -0.25) is 0 Å². The SMILES string of the molecule is Oc1ccc(C=Cc2cccc(C(F)(F)F)c2)cc1Br. The first kappa shape index (κ1) is 14.7. The second kappa shape index (κ2) is 5.71. The van der Waals surface area contributed by atoms with Crippen LogP contribution in [0.5, 0.6) is 5.75 Å². The number of phenols is 1. The Kier molecular flexibility index (Phi) is 4.18. The van der Waals surface area contributed by atoms with Gasteiger partial charge in [0.25, 0.3) is 0 Å². The van der Waals surface area contributed by atoms with Crippen LogP contribution in [0, 0.1) is 0 Å². The molecule has 0 fully saturated rings. The van der Waals surface area contributed by atoms with Gasteiger partial charge in [0.15, 0.2) is 0 Å². The quantitative estimate of drug-likeness (QED) is 0.730. The number of hydrogen-bond acceptors (Lipinski definition) is 1. The number of phenolic OH excluding ortho intramolecular Hbond substituents is 1. The van der Waals surface area contributed by atoms with E-state index in [9.17, 15) is 18.3 Å². The van der Waals surface area contributed by atoms with Gasteiger partial charge in [-0.25, -0.2) is 0 Å². The number of hydrogen-bond donors (Lipinski definition) is 1. The Morgan fingerprint density at radius 2 is 1.60 bits per heavy atom. The Labute approximate surface area is 122 Å². The molecule has 0 aliphatic heterocycles. The summed E-state index contributed by atoms with van der Waals surface area (Å²) in [6.07, 6.45) is -1.07. The summed E-state index contributed by atoms with van der Waals surface area (Å²) in [5.41, 5.74) is 0.558. The van der Waals surface area contributed by atoms with Crippen LogP contribution in [0.1, 0.15) is 16.7 Å². The molecule has 0 heterocycles. The van der Waals surface area contributed by atoms with Crippen molar-refractivity contribution in [3.63, 3.8) is 0 Å². The van der Waals surface area contributed by atoms with Crippen molar-refractivity contribution < 1.29 is 18.3 Å². The highest BCUT2D eigenvalue weighted by molar-refractivity contribution is 9.10. The van der Waals surface area contributed by atoms with Crippen molar-refractivity contribution in [1.29, 1.82) is 0 Å². The molecule has 0 bridgehead atoms. The normalized spacial score (nSPS) is 12.0. The molecular formula is C15H10BrF3O. The van der Waals surface area contributed by atoms with Crippen molar-refractivity contribution in [3.05, 3.63) is 63.6 Å².